The van der Waals surface area contributed by atoms with Crippen molar-refractivity contribution >= 4 is 11.8 Å². The van der Waals surface area contributed by atoms with Crippen LogP contribution in [0, 0.1) is 5.92 Å². The second kappa shape index (κ2) is 18.4. The number of rotatable bonds is 17. The third-order valence-electron chi connectivity index (χ3n) is 4.34. The lowest BCUT2D eigenvalue weighted by Crippen LogP contribution is -2.02. The van der Waals surface area contributed by atoms with Crippen molar-refractivity contribution < 1.29 is 5.11 Å². The van der Waals surface area contributed by atoms with E-state index in [-0.39, 0.29) is 0 Å². The van der Waals surface area contributed by atoms with Crippen molar-refractivity contribution in [1.29, 1.82) is 0 Å². The quantitative estimate of drug-likeness (QED) is 0.312. The number of hydrogen-bond donors (Lipinski definition) is 1. The minimum absolute atomic E-state index is 0.370. The first-order chi connectivity index (χ1) is 10.3. The van der Waals surface area contributed by atoms with Gasteiger partial charge in [-0.2, -0.15) is 11.8 Å². The highest BCUT2D eigenvalue weighted by molar-refractivity contribution is 7.99. The van der Waals surface area contributed by atoms with Crippen LogP contribution in [0.4, 0.5) is 0 Å². The van der Waals surface area contributed by atoms with E-state index in [2.05, 4.69) is 25.6 Å². The second-order valence-corrected chi connectivity index (χ2v) is 7.55. The Bertz CT molecular complexity index is 184. The van der Waals surface area contributed by atoms with Crippen LogP contribution < -0.4 is 0 Å². The highest BCUT2D eigenvalue weighted by Crippen LogP contribution is 2.19. The smallest absolute Gasteiger partial charge is 0.0431 e. The van der Waals surface area contributed by atoms with Crippen LogP contribution in [-0.4, -0.2) is 23.2 Å². The lowest BCUT2D eigenvalue weighted by atomic mass is 10.0. The Morgan fingerprint density at radius 2 is 1.33 bits per heavy atom. The molecule has 0 bridgehead atoms. The van der Waals surface area contributed by atoms with E-state index in [1.807, 2.05) is 0 Å². The van der Waals surface area contributed by atoms with E-state index in [9.17, 15) is 0 Å². The maximum absolute atomic E-state index is 8.70. The molecular formula is C19H40OS. The van der Waals surface area contributed by atoms with Gasteiger partial charge in [-0.05, 0) is 36.7 Å². The van der Waals surface area contributed by atoms with Crippen molar-refractivity contribution in [3.8, 4) is 0 Å². The molecule has 0 aromatic carbocycles. The summed E-state index contributed by atoms with van der Waals surface area (Å²) in [7, 11) is 0. The van der Waals surface area contributed by atoms with Crippen LogP contribution in [0.15, 0.2) is 0 Å². The van der Waals surface area contributed by atoms with Crippen molar-refractivity contribution in [3.63, 3.8) is 0 Å². The van der Waals surface area contributed by atoms with E-state index in [4.69, 9.17) is 5.11 Å². The molecule has 0 aliphatic heterocycles. The molecule has 0 amide bonds. The van der Waals surface area contributed by atoms with Crippen molar-refractivity contribution in [1.82, 2.24) is 0 Å². The van der Waals surface area contributed by atoms with Crippen LogP contribution in [0.25, 0.3) is 0 Å². The summed E-state index contributed by atoms with van der Waals surface area (Å²) in [6.07, 6.45) is 17.5. The minimum Gasteiger partial charge on any atom is -0.396 e. The van der Waals surface area contributed by atoms with Crippen molar-refractivity contribution in [3.05, 3.63) is 0 Å². The van der Waals surface area contributed by atoms with Crippen LogP contribution in [0.3, 0.4) is 0 Å². The summed E-state index contributed by atoms with van der Waals surface area (Å²) in [5.74, 6) is 3.73. The molecule has 0 aliphatic rings. The SMILES string of the molecule is CCCCC(CC)CSCCCCCCCCCCCO. The maximum atomic E-state index is 8.70. The maximum Gasteiger partial charge on any atom is 0.0431 e. The summed E-state index contributed by atoms with van der Waals surface area (Å²) in [6, 6.07) is 0. The van der Waals surface area contributed by atoms with Gasteiger partial charge in [0.15, 0.2) is 0 Å². The van der Waals surface area contributed by atoms with Crippen molar-refractivity contribution in [2.24, 2.45) is 5.92 Å². The van der Waals surface area contributed by atoms with Gasteiger partial charge >= 0.3 is 0 Å². The number of aliphatic hydroxyl groups excluding tert-OH is 1. The summed E-state index contributed by atoms with van der Waals surface area (Å²) in [6.45, 7) is 5.02. The first kappa shape index (κ1) is 21.3. The van der Waals surface area contributed by atoms with Gasteiger partial charge in [0.05, 0.1) is 0 Å². The Hall–Kier alpha value is 0.310. The van der Waals surface area contributed by atoms with E-state index in [1.165, 1.54) is 88.6 Å². The molecule has 1 N–H and O–H groups in total. The van der Waals surface area contributed by atoms with E-state index < -0.39 is 0 Å². The van der Waals surface area contributed by atoms with Crippen LogP contribution in [0.5, 0.6) is 0 Å². The van der Waals surface area contributed by atoms with Gasteiger partial charge in [-0.25, -0.2) is 0 Å². The predicted octanol–water partition coefficient (Wildman–Crippen LogP) is 6.44. The molecule has 128 valence electrons. The molecule has 2 heteroatoms. The monoisotopic (exact) mass is 316 g/mol. The fourth-order valence-electron chi connectivity index (χ4n) is 2.70. The van der Waals surface area contributed by atoms with Crippen molar-refractivity contribution in [2.75, 3.05) is 18.1 Å². The molecule has 0 rings (SSSR count). The molecule has 0 saturated heterocycles. The number of aliphatic hydroxyl groups is 1. The Labute approximate surface area is 138 Å². The van der Waals surface area contributed by atoms with E-state index in [0.29, 0.717) is 6.61 Å². The van der Waals surface area contributed by atoms with Gasteiger partial charge in [-0.15, -0.1) is 0 Å². The number of unbranched alkanes of at least 4 members (excludes halogenated alkanes) is 9. The summed E-state index contributed by atoms with van der Waals surface area (Å²) in [5.41, 5.74) is 0. The van der Waals surface area contributed by atoms with Crippen molar-refractivity contribution in [2.45, 2.75) is 97.3 Å². The van der Waals surface area contributed by atoms with Gasteiger partial charge in [-0.1, -0.05) is 78.1 Å². The van der Waals surface area contributed by atoms with Gasteiger partial charge in [0.1, 0.15) is 0 Å². The van der Waals surface area contributed by atoms with E-state index in [1.54, 1.807) is 0 Å². The zero-order valence-electron chi connectivity index (χ0n) is 14.7. The average molecular weight is 317 g/mol. The molecule has 1 atom stereocenters. The van der Waals surface area contributed by atoms with Gasteiger partial charge in [-0.3, -0.25) is 0 Å². The average Bonchev–Trinajstić information content (AvgIpc) is 2.51. The van der Waals surface area contributed by atoms with E-state index in [0.717, 1.165) is 12.3 Å². The Morgan fingerprint density at radius 3 is 1.86 bits per heavy atom. The third-order valence-corrected chi connectivity index (χ3v) is 5.63. The lowest BCUT2D eigenvalue weighted by molar-refractivity contribution is 0.282. The molecule has 0 aromatic heterocycles. The predicted molar refractivity (Wildman–Crippen MR) is 99.3 cm³/mol. The topological polar surface area (TPSA) is 20.2 Å². The molecule has 0 saturated carbocycles. The summed E-state index contributed by atoms with van der Waals surface area (Å²) < 4.78 is 0. The molecule has 0 radical (unpaired) electrons. The van der Waals surface area contributed by atoms with Gasteiger partial charge in [0.2, 0.25) is 0 Å². The van der Waals surface area contributed by atoms with Crippen LogP contribution >= 0.6 is 11.8 Å². The molecule has 1 nitrogen and oxygen atoms in total. The Morgan fingerprint density at radius 1 is 0.762 bits per heavy atom. The molecule has 0 aromatic rings. The molecule has 0 aliphatic carbocycles. The number of thioether (sulfide) groups is 1. The fraction of sp³-hybridized carbons (Fsp3) is 1.00. The molecule has 0 fully saturated rings. The Kier molecular flexibility index (Phi) is 18.6. The zero-order valence-corrected chi connectivity index (χ0v) is 15.6. The van der Waals surface area contributed by atoms with Crippen LogP contribution in [0.2, 0.25) is 0 Å². The van der Waals surface area contributed by atoms with E-state index >= 15 is 0 Å². The summed E-state index contributed by atoms with van der Waals surface area (Å²) >= 11 is 2.19. The third kappa shape index (κ3) is 16.5. The standard InChI is InChI=1S/C19H40OS/c1-3-5-15-19(4-2)18-21-17-14-12-10-8-6-7-9-11-13-16-20/h19-20H,3-18H2,1-2H3. The van der Waals surface area contributed by atoms with Crippen LogP contribution in [0.1, 0.15) is 97.3 Å². The molecule has 0 spiro atoms. The lowest BCUT2D eigenvalue weighted by Gasteiger charge is -2.13. The van der Waals surface area contributed by atoms with Gasteiger partial charge in [0, 0.05) is 6.61 Å². The first-order valence-corrected chi connectivity index (χ1v) is 10.7. The zero-order chi connectivity index (χ0) is 15.6. The minimum atomic E-state index is 0.370. The highest BCUT2D eigenvalue weighted by atomic mass is 32.2. The second-order valence-electron chi connectivity index (χ2n) is 6.40. The molecule has 21 heavy (non-hydrogen) atoms. The normalized spacial score (nSPS) is 12.7. The Balaban J connectivity index is 3.14. The van der Waals surface area contributed by atoms with Gasteiger partial charge < -0.3 is 5.11 Å². The number of hydrogen-bond acceptors (Lipinski definition) is 2. The highest BCUT2D eigenvalue weighted by Gasteiger charge is 2.05. The largest absolute Gasteiger partial charge is 0.396 e. The molecular weight excluding hydrogens is 276 g/mol. The van der Waals surface area contributed by atoms with Gasteiger partial charge in [0.25, 0.3) is 0 Å². The molecule has 0 heterocycles. The summed E-state index contributed by atoms with van der Waals surface area (Å²) in [4.78, 5) is 0. The molecule has 1 unspecified atom stereocenters. The van der Waals surface area contributed by atoms with Crippen LogP contribution in [-0.2, 0) is 0 Å². The summed E-state index contributed by atoms with van der Waals surface area (Å²) in [5, 5.41) is 8.70. The fourth-order valence-corrected chi connectivity index (χ4v) is 4.01. The first-order valence-electron chi connectivity index (χ1n) is 9.53.